The summed E-state index contributed by atoms with van der Waals surface area (Å²) in [6.07, 6.45) is 1.14. The predicted octanol–water partition coefficient (Wildman–Crippen LogP) is 6.52. The van der Waals surface area contributed by atoms with E-state index in [2.05, 4.69) is 91.3 Å². The summed E-state index contributed by atoms with van der Waals surface area (Å²) in [4.78, 5) is 10.8. The first-order valence-electron chi connectivity index (χ1n) is 10.4. The maximum absolute atomic E-state index is 4.80. The Kier molecular flexibility index (Phi) is 4.20. The fourth-order valence-electron chi connectivity index (χ4n) is 4.79. The normalized spacial score (nSPS) is 18.0. The minimum atomic E-state index is 0.114. The van der Waals surface area contributed by atoms with E-state index in [9.17, 15) is 0 Å². The second-order valence-electron chi connectivity index (χ2n) is 8.87. The molecule has 0 amide bonds. The zero-order valence-electron chi connectivity index (χ0n) is 17.3. The molecule has 1 aliphatic heterocycles. The SMILES string of the molecule is CC1CC(C)(C)N(Cc2ccccc2)c2ccc(-c3nc4ccccc4[nH]3)cc21. The molecule has 0 radical (unpaired) electrons. The Hall–Kier alpha value is -3.07. The van der Waals surface area contributed by atoms with Crippen LogP contribution < -0.4 is 4.90 Å². The summed E-state index contributed by atoms with van der Waals surface area (Å²) >= 11 is 0. The van der Waals surface area contributed by atoms with Crippen LogP contribution in [-0.2, 0) is 6.54 Å². The van der Waals surface area contributed by atoms with Gasteiger partial charge in [0.15, 0.2) is 0 Å². The second kappa shape index (κ2) is 6.77. The molecule has 29 heavy (non-hydrogen) atoms. The van der Waals surface area contributed by atoms with E-state index in [0.717, 1.165) is 35.4 Å². The van der Waals surface area contributed by atoms with Gasteiger partial charge in [-0.15, -0.1) is 0 Å². The summed E-state index contributed by atoms with van der Waals surface area (Å²) < 4.78 is 0. The summed E-state index contributed by atoms with van der Waals surface area (Å²) in [7, 11) is 0. The van der Waals surface area contributed by atoms with Crippen molar-refractivity contribution in [3.63, 3.8) is 0 Å². The molecule has 0 bridgehead atoms. The molecule has 5 rings (SSSR count). The molecule has 0 fully saturated rings. The third-order valence-electron chi connectivity index (χ3n) is 6.23. The first-order chi connectivity index (χ1) is 14.0. The van der Waals surface area contributed by atoms with E-state index >= 15 is 0 Å². The highest BCUT2D eigenvalue weighted by Crippen LogP contribution is 2.45. The first-order valence-corrected chi connectivity index (χ1v) is 10.4. The Morgan fingerprint density at radius 3 is 2.55 bits per heavy atom. The monoisotopic (exact) mass is 381 g/mol. The van der Waals surface area contributed by atoms with Gasteiger partial charge in [-0.25, -0.2) is 4.98 Å². The minimum absolute atomic E-state index is 0.114. The fourth-order valence-corrected chi connectivity index (χ4v) is 4.79. The summed E-state index contributed by atoms with van der Waals surface area (Å²) in [5, 5.41) is 0. The lowest BCUT2D eigenvalue weighted by Gasteiger charge is -2.47. The van der Waals surface area contributed by atoms with Crippen LogP contribution in [0.25, 0.3) is 22.4 Å². The van der Waals surface area contributed by atoms with Gasteiger partial charge < -0.3 is 9.88 Å². The molecule has 0 saturated carbocycles. The van der Waals surface area contributed by atoms with Crippen LogP contribution in [-0.4, -0.2) is 15.5 Å². The summed E-state index contributed by atoms with van der Waals surface area (Å²) in [6.45, 7) is 8.01. The zero-order valence-corrected chi connectivity index (χ0v) is 17.3. The first kappa shape index (κ1) is 18.0. The number of nitrogens with one attached hydrogen (secondary N) is 1. The molecule has 0 spiro atoms. The van der Waals surface area contributed by atoms with Crippen molar-refractivity contribution in [1.29, 1.82) is 0 Å². The van der Waals surface area contributed by atoms with Gasteiger partial charge in [-0.3, -0.25) is 0 Å². The molecule has 4 aromatic rings. The van der Waals surface area contributed by atoms with Crippen LogP contribution >= 0.6 is 0 Å². The van der Waals surface area contributed by atoms with Crippen LogP contribution in [0.5, 0.6) is 0 Å². The number of aromatic amines is 1. The number of imidazole rings is 1. The summed E-state index contributed by atoms with van der Waals surface area (Å²) in [5.74, 6) is 1.46. The Bertz CT molecular complexity index is 1120. The number of hydrogen-bond donors (Lipinski definition) is 1. The topological polar surface area (TPSA) is 31.9 Å². The molecule has 2 heterocycles. The van der Waals surface area contributed by atoms with Gasteiger partial charge >= 0.3 is 0 Å². The largest absolute Gasteiger partial charge is 0.362 e. The van der Waals surface area contributed by atoms with E-state index in [1.165, 1.54) is 16.8 Å². The van der Waals surface area contributed by atoms with Gasteiger partial charge in [0.25, 0.3) is 0 Å². The summed E-state index contributed by atoms with van der Waals surface area (Å²) in [5.41, 5.74) is 7.48. The van der Waals surface area contributed by atoms with Crippen LogP contribution in [0, 0.1) is 0 Å². The molecule has 1 aromatic heterocycles. The Morgan fingerprint density at radius 2 is 1.76 bits per heavy atom. The number of hydrogen-bond acceptors (Lipinski definition) is 2. The van der Waals surface area contributed by atoms with Gasteiger partial charge in [0, 0.05) is 23.3 Å². The van der Waals surface area contributed by atoms with Crippen LogP contribution in [0.15, 0.2) is 72.8 Å². The van der Waals surface area contributed by atoms with Crippen LogP contribution in [0.3, 0.4) is 0 Å². The highest BCUT2D eigenvalue weighted by molar-refractivity contribution is 5.80. The number of H-pyrrole nitrogens is 1. The lowest BCUT2D eigenvalue weighted by molar-refractivity contribution is 0.374. The highest BCUT2D eigenvalue weighted by Gasteiger charge is 2.36. The molecule has 3 aromatic carbocycles. The number of aromatic nitrogens is 2. The number of nitrogens with zero attached hydrogens (tertiary/aromatic N) is 2. The average Bonchev–Trinajstić information content (AvgIpc) is 3.15. The Morgan fingerprint density at radius 1 is 1.00 bits per heavy atom. The molecule has 1 aliphatic rings. The fraction of sp³-hybridized carbons (Fsp3) is 0.269. The maximum atomic E-state index is 4.80. The van der Waals surface area contributed by atoms with Gasteiger partial charge in [0.1, 0.15) is 5.82 Å². The Balaban J connectivity index is 1.57. The molecule has 146 valence electrons. The number of para-hydroxylation sites is 2. The maximum Gasteiger partial charge on any atom is 0.138 e. The highest BCUT2D eigenvalue weighted by atomic mass is 15.2. The van der Waals surface area contributed by atoms with Crippen molar-refractivity contribution in [2.24, 2.45) is 0 Å². The number of rotatable bonds is 3. The quantitative estimate of drug-likeness (QED) is 0.438. The van der Waals surface area contributed by atoms with Crippen molar-refractivity contribution < 1.29 is 0 Å². The smallest absolute Gasteiger partial charge is 0.138 e. The number of anilines is 1. The molecule has 0 aliphatic carbocycles. The van der Waals surface area contributed by atoms with Gasteiger partial charge in [0.2, 0.25) is 0 Å². The molecule has 3 heteroatoms. The lowest BCUT2D eigenvalue weighted by atomic mass is 9.79. The van der Waals surface area contributed by atoms with E-state index in [1.807, 2.05) is 12.1 Å². The van der Waals surface area contributed by atoms with Gasteiger partial charge in [-0.1, -0.05) is 49.4 Å². The van der Waals surface area contributed by atoms with Gasteiger partial charge in [0.05, 0.1) is 11.0 Å². The van der Waals surface area contributed by atoms with Crippen molar-refractivity contribution in [3.8, 4) is 11.4 Å². The molecule has 1 unspecified atom stereocenters. The second-order valence-corrected chi connectivity index (χ2v) is 8.87. The van der Waals surface area contributed by atoms with Crippen molar-refractivity contribution in [3.05, 3.63) is 83.9 Å². The number of benzene rings is 3. The van der Waals surface area contributed by atoms with Crippen LogP contribution in [0.4, 0.5) is 5.69 Å². The predicted molar refractivity (Wildman–Crippen MR) is 121 cm³/mol. The van der Waals surface area contributed by atoms with E-state index in [0.29, 0.717) is 5.92 Å². The minimum Gasteiger partial charge on any atom is -0.362 e. The number of fused-ring (bicyclic) bond motifs is 2. The van der Waals surface area contributed by atoms with Crippen LogP contribution in [0.1, 0.15) is 44.2 Å². The third kappa shape index (κ3) is 3.21. The van der Waals surface area contributed by atoms with Gasteiger partial charge in [-0.05, 0) is 67.6 Å². The Labute approximate surface area is 172 Å². The average molecular weight is 382 g/mol. The van der Waals surface area contributed by atoms with E-state index in [4.69, 9.17) is 4.98 Å². The molecule has 1 N–H and O–H groups in total. The third-order valence-corrected chi connectivity index (χ3v) is 6.23. The van der Waals surface area contributed by atoms with Crippen molar-refractivity contribution in [1.82, 2.24) is 9.97 Å². The standard InChI is InChI=1S/C26H27N3/c1-18-16-26(2,3)29(17-19-9-5-4-6-10-19)24-14-13-20(15-21(18)24)25-27-22-11-7-8-12-23(22)28-25/h4-15,18H,16-17H2,1-3H3,(H,27,28). The molecular formula is C26H27N3. The van der Waals surface area contributed by atoms with E-state index in [1.54, 1.807) is 0 Å². The van der Waals surface area contributed by atoms with Crippen molar-refractivity contribution >= 4 is 16.7 Å². The molecule has 3 nitrogen and oxygen atoms in total. The molecule has 1 atom stereocenters. The van der Waals surface area contributed by atoms with Crippen LogP contribution in [0.2, 0.25) is 0 Å². The molecule has 0 saturated heterocycles. The summed E-state index contributed by atoms with van der Waals surface area (Å²) in [6, 6.07) is 25.8. The van der Waals surface area contributed by atoms with Crippen molar-refractivity contribution in [2.45, 2.75) is 45.2 Å². The van der Waals surface area contributed by atoms with Crippen molar-refractivity contribution in [2.75, 3.05) is 4.90 Å². The van der Waals surface area contributed by atoms with E-state index in [-0.39, 0.29) is 5.54 Å². The lowest BCUT2D eigenvalue weighted by Crippen LogP contribution is -2.47. The van der Waals surface area contributed by atoms with E-state index < -0.39 is 0 Å². The molecular weight excluding hydrogens is 354 g/mol. The van der Waals surface area contributed by atoms with Gasteiger partial charge in [-0.2, -0.15) is 0 Å². The zero-order chi connectivity index (χ0) is 20.0.